The summed E-state index contributed by atoms with van der Waals surface area (Å²) in [7, 11) is -0.126. The van der Waals surface area contributed by atoms with E-state index < -0.39 is 10.0 Å². The van der Waals surface area contributed by atoms with Gasteiger partial charge in [-0.3, -0.25) is 4.99 Å². The van der Waals surface area contributed by atoms with Crippen molar-refractivity contribution >= 4 is 40.0 Å². The van der Waals surface area contributed by atoms with Crippen molar-refractivity contribution in [2.75, 3.05) is 40.4 Å². The molecule has 7 nitrogen and oxygen atoms in total. The van der Waals surface area contributed by atoms with Gasteiger partial charge in [0.05, 0.1) is 11.5 Å². The molecule has 1 aliphatic heterocycles. The summed E-state index contributed by atoms with van der Waals surface area (Å²) in [6.07, 6.45) is 5.40. The van der Waals surface area contributed by atoms with E-state index in [-0.39, 0.29) is 35.4 Å². The molecule has 2 fully saturated rings. The van der Waals surface area contributed by atoms with Gasteiger partial charge in [-0.2, -0.15) is 0 Å². The molecule has 1 saturated heterocycles. The first-order valence-corrected chi connectivity index (χ1v) is 11.5. The number of sulfonamides is 1. The van der Waals surface area contributed by atoms with Gasteiger partial charge >= 0.3 is 0 Å². The van der Waals surface area contributed by atoms with Crippen molar-refractivity contribution in [3.8, 4) is 0 Å². The lowest BCUT2D eigenvalue weighted by Gasteiger charge is -2.22. The Labute approximate surface area is 191 Å². The minimum atomic E-state index is -3.49. The second-order valence-corrected chi connectivity index (χ2v) is 9.41. The third kappa shape index (κ3) is 6.53. The maximum Gasteiger partial charge on any atom is 0.240 e. The SMILES string of the molecule is CN=C(NCc1ccc(S(=O)(=O)NCCOC)cc1)N1CC2CCCCC2C1.I. The number of likely N-dealkylation sites (tertiary alicyclic amines) is 1. The monoisotopic (exact) mass is 536 g/mol. The molecule has 2 unspecified atom stereocenters. The van der Waals surface area contributed by atoms with Crippen molar-refractivity contribution in [3.05, 3.63) is 29.8 Å². The Balaban J connectivity index is 0.00000300. The van der Waals surface area contributed by atoms with Crippen LogP contribution in [-0.2, 0) is 21.3 Å². The molecule has 164 valence electrons. The van der Waals surface area contributed by atoms with E-state index in [1.54, 1.807) is 19.2 Å². The molecule has 3 rings (SSSR count). The number of halogens is 1. The van der Waals surface area contributed by atoms with Gasteiger partial charge in [0.25, 0.3) is 0 Å². The number of hydrogen-bond acceptors (Lipinski definition) is 4. The van der Waals surface area contributed by atoms with E-state index in [1.807, 2.05) is 19.2 Å². The number of nitrogens with one attached hydrogen (secondary N) is 2. The summed E-state index contributed by atoms with van der Waals surface area (Å²) in [5, 5.41) is 3.43. The summed E-state index contributed by atoms with van der Waals surface area (Å²) in [4.78, 5) is 7.09. The Morgan fingerprint density at radius 2 is 1.79 bits per heavy atom. The Hall–Kier alpha value is -0.910. The van der Waals surface area contributed by atoms with Crippen molar-refractivity contribution in [2.45, 2.75) is 37.1 Å². The number of nitrogens with zero attached hydrogens (tertiary/aromatic N) is 2. The number of hydrogen-bond donors (Lipinski definition) is 2. The van der Waals surface area contributed by atoms with E-state index in [4.69, 9.17) is 4.74 Å². The lowest BCUT2D eigenvalue weighted by molar-refractivity contribution is 0.204. The molecule has 2 N–H and O–H groups in total. The average molecular weight is 536 g/mol. The topological polar surface area (TPSA) is 83.0 Å². The van der Waals surface area contributed by atoms with Crippen molar-refractivity contribution in [2.24, 2.45) is 16.8 Å². The maximum atomic E-state index is 12.2. The van der Waals surface area contributed by atoms with Crippen LogP contribution >= 0.6 is 24.0 Å². The minimum absolute atomic E-state index is 0. The molecule has 29 heavy (non-hydrogen) atoms. The van der Waals surface area contributed by atoms with Crippen LogP contribution in [0, 0.1) is 11.8 Å². The molecule has 9 heteroatoms. The van der Waals surface area contributed by atoms with Crippen molar-refractivity contribution in [3.63, 3.8) is 0 Å². The first-order valence-electron chi connectivity index (χ1n) is 10.1. The molecule has 0 bridgehead atoms. The molecular weight excluding hydrogens is 503 g/mol. The summed E-state index contributed by atoms with van der Waals surface area (Å²) in [6, 6.07) is 6.96. The second-order valence-electron chi connectivity index (χ2n) is 7.64. The summed E-state index contributed by atoms with van der Waals surface area (Å²) >= 11 is 0. The fraction of sp³-hybridized carbons (Fsp3) is 0.650. The molecule has 0 spiro atoms. The molecule has 0 aromatic heterocycles. The van der Waals surface area contributed by atoms with E-state index in [0.29, 0.717) is 13.2 Å². The normalized spacial score (nSPS) is 22.1. The Bertz CT molecular complexity index is 756. The van der Waals surface area contributed by atoms with Crippen molar-refractivity contribution in [1.82, 2.24) is 14.9 Å². The van der Waals surface area contributed by atoms with Crippen LogP contribution in [-0.4, -0.2) is 59.7 Å². The Morgan fingerprint density at radius 3 is 2.34 bits per heavy atom. The first-order chi connectivity index (χ1) is 13.5. The summed E-state index contributed by atoms with van der Waals surface area (Å²) < 4.78 is 31.8. The summed E-state index contributed by atoms with van der Waals surface area (Å²) in [5.74, 6) is 2.55. The van der Waals surface area contributed by atoms with Gasteiger partial charge < -0.3 is 15.0 Å². The van der Waals surface area contributed by atoms with Crippen LogP contribution in [0.3, 0.4) is 0 Å². The van der Waals surface area contributed by atoms with Crippen LogP contribution in [0.25, 0.3) is 0 Å². The third-order valence-corrected chi connectivity index (χ3v) is 7.25. The van der Waals surface area contributed by atoms with Gasteiger partial charge in [-0.1, -0.05) is 25.0 Å². The standard InChI is InChI=1S/C20H32N4O3S.HI/c1-21-20(24-14-17-5-3-4-6-18(17)15-24)22-13-16-7-9-19(10-8-16)28(25,26)23-11-12-27-2;/h7-10,17-18,23H,3-6,11-15H2,1-2H3,(H,21,22);1H. The van der Waals surface area contributed by atoms with Crippen LogP contribution in [0.2, 0.25) is 0 Å². The molecule has 2 aliphatic rings. The summed E-state index contributed by atoms with van der Waals surface area (Å²) in [5.41, 5.74) is 1.02. The molecule has 0 radical (unpaired) electrons. The van der Waals surface area contributed by atoms with Gasteiger partial charge in [-0.05, 0) is 42.4 Å². The lowest BCUT2D eigenvalue weighted by atomic mass is 9.82. The highest BCUT2D eigenvalue weighted by Crippen LogP contribution is 2.35. The van der Waals surface area contributed by atoms with Crippen LogP contribution in [0.1, 0.15) is 31.2 Å². The van der Waals surface area contributed by atoms with E-state index in [9.17, 15) is 8.42 Å². The number of ether oxygens (including phenoxy) is 1. The number of guanidine groups is 1. The van der Waals surface area contributed by atoms with Crippen LogP contribution in [0.4, 0.5) is 0 Å². The minimum Gasteiger partial charge on any atom is -0.383 e. The van der Waals surface area contributed by atoms with Crippen LogP contribution in [0.5, 0.6) is 0 Å². The predicted molar refractivity (Wildman–Crippen MR) is 126 cm³/mol. The zero-order chi connectivity index (χ0) is 20.0. The van der Waals surface area contributed by atoms with Crippen LogP contribution in [0.15, 0.2) is 34.2 Å². The molecule has 1 heterocycles. The smallest absolute Gasteiger partial charge is 0.240 e. The van der Waals surface area contributed by atoms with Gasteiger partial charge in [0.15, 0.2) is 5.96 Å². The molecule has 2 atom stereocenters. The highest BCUT2D eigenvalue weighted by Gasteiger charge is 2.35. The van der Waals surface area contributed by atoms with Gasteiger partial charge in [0.2, 0.25) is 10.0 Å². The van der Waals surface area contributed by atoms with E-state index >= 15 is 0 Å². The number of fused-ring (bicyclic) bond motifs is 1. The largest absolute Gasteiger partial charge is 0.383 e. The zero-order valence-electron chi connectivity index (χ0n) is 17.3. The number of benzene rings is 1. The molecule has 1 saturated carbocycles. The quantitative estimate of drug-likeness (QED) is 0.242. The summed E-state index contributed by atoms with van der Waals surface area (Å²) in [6.45, 7) is 3.41. The highest BCUT2D eigenvalue weighted by molar-refractivity contribution is 14.0. The van der Waals surface area contributed by atoms with Crippen LogP contribution < -0.4 is 10.0 Å². The second kappa shape index (κ2) is 11.5. The average Bonchev–Trinajstić information content (AvgIpc) is 3.13. The van der Waals surface area contributed by atoms with E-state index in [1.165, 1.54) is 25.7 Å². The number of methoxy groups -OCH3 is 1. The molecule has 1 aromatic carbocycles. The number of rotatable bonds is 7. The molecule has 0 amide bonds. The van der Waals surface area contributed by atoms with Gasteiger partial charge in [0.1, 0.15) is 0 Å². The number of aliphatic imine (C=N–C) groups is 1. The maximum absolute atomic E-state index is 12.2. The van der Waals surface area contributed by atoms with Crippen molar-refractivity contribution in [1.29, 1.82) is 0 Å². The fourth-order valence-electron chi connectivity index (χ4n) is 4.24. The predicted octanol–water partition coefficient (Wildman–Crippen LogP) is 2.43. The highest BCUT2D eigenvalue weighted by atomic mass is 127. The first kappa shape index (κ1) is 24.4. The Kier molecular flexibility index (Phi) is 9.64. The van der Waals surface area contributed by atoms with E-state index in [0.717, 1.165) is 36.4 Å². The zero-order valence-corrected chi connectivity index (χ0v) is 20.4. The van der Waals surface area contributed by atoms with Gasteiger partial charge in [-0.15, -0.1) is 24.0 Å². The third-order valence-electron chi connectivity index (χ3n) is 5.77. The molecule has 1 aromatic rings. The van der Waals surface area contributed by atoms with Gasteiger partial charge in [-0.25, -0.2) is 13.1 Å². The Morgan fingerprint density at radius 1 is 1.17 bits per heavy atom. The molecule has 1 aliphatic carbocycles. The fourth-order valence-corrected chi connectivity index (χ4v) is 5.25. The van der Waals surface area contributed by atoms with Crippen molar-refractivity contribution < 1.29 is 13.2 Å². The molecular formula is C20H33IN4O3S. The van der Waals surface area contributed by atoms with E-state index in [2.05, 4.69) is 19.9 Å². The van der Waals surface area contributed by atoms with Gasteiger partial charge in [0, 0.05) is 40.3 Å². The lowest BCUT2D eigenvalue weighted by Crippen LogP contribution is -2.39.